The van der Waals surface area contributed by atoms with Gasteiger partial charge in [-0.15, -0.1) is 0 Å². The monoisotopic (exact) mass is 183 g/mol. The van der Waals surface area contributed by atoms with Crippen LogP contribution < -0.4 is 0 Å². The number of hydrogen-bond donors (Lipinski definition) is 1. The summed E-state index contributed by atoms with van der Waals surface area (Å²) in [4.78, 5) is 2.64. The molecule has 0 spiro atoms. The van der Waals surface area contributed by atoms with Crippen molar-refractivity contribution in [3.63, 3.8) is 0 Å². The summed E-state index contributed by atoms with van der Waals surface area (Å²) >= 11 is 0. The van der Waals surface area contributed by atoms with E-state index < -0.39 is 0 Å². The minimum absolute atomic E-state index is 0.0130. The summed E-state index contributed by atoms with van der Waals surface area (Å²) in [5, 5.41) is 9.62. The number of aliphatic hydroxyl groups excluding tert-OH is 1. The van der Waals surface area contributed by atoms with Crippen LogP contribution in [0.1, 0.15) is 39.5 Å². The van der Waals surface area contributed by atoms with Crippen LogP contribution in [0.25, 0.3) is 0 Å². The normalized spacial score (nSPS) is 40.2. The van der Waals surface area contributed by atoms with Crippen molar-refractivity contribution in [2.24, 2.45) is 5.92 Å². The molecule has 2 bridgehead atoms. The third-order valence-corrected chi connectivity index (χ3v) is 3.44. The molecule has 2 rings (SSSR count). The van der Waals surface area contributed by atoms with Crippen LogP contribution in [0.3, 0.4) is 0 Å². The van der Waals surface area contributed by atoms with Crippen LogP contribution in [0.15, 0.2) is 0 Å². The molecule has 0 aromatic carbocycles. The van der Waals surface area contributed by atoms with E-state index in [2.05, 4.69) is 18.7 Å². The van der Waals surface area contributed by atoms with Gasteiger partial charge in [-0.3, -0.25) is 4.90 Å². The van der Waals surface area contributed by atoms with E-state index in [0.717, 1.165) is 18.8 Å². The average molecular weight is 183 g/mol. The molecule has 0 aromatic heterocycles. The van der Waals surface area contributed by atoms with Crippen molar-refractivity contribution in [1.29, 1.82) is 0 Å². The predicted octanol–water partition coefficient (Wildman–Crippen LogP) is 1.63. The summed E-state index contributed by atoms with van der Waals surface area (Å²) in [5.74, 6) is 0.762. The Balaban J connectivity index is 1.98. The number of hydrogen-bond acceptors (Lipinski definition) is 2. The first-order valence-corrected chi connectivity index (χ1v) is 5.60. The molecule has 3 atom stereocenters. The van der Waals surface area contributed by atoms with Crippen molar-refractivity contribution in [2.75, 3.05) is 6.54 Å². The molecule has 2 heteroatoms. The number of fused-ring (bicyclic) bond motifs is 2. The summed E-state index contributed by atoms with van der Waals surface area (Å²) in [6, 6.07) is 1.38. The molecule has 2 fully saturated rings. The highest BCUT2D eigenvalue weighted by molar-refractivity contribution is 4.95. The van der Waals surface area contributed by atoms with Gasteiger partial charge in [0, 0.05) is 18.6 Å². The molecule has 13 heavy (non-hydrogen) atoms. The molecule has 0 aliphatic carbocycles. The van der Waals surface area contributed by atoms with E-state index in [1.807, 2.05) is 0 Å². The SMILES string of the molecule is CC(C)CN1[C@@H]2CC[C@H]1CC(O)C2. The Hall–Kier alpha value is -0.0800. The Morgan fingerprint density at radius 2 is 1.77 bits per heavy atom. The average Bonchev–Trinajstić information content (AvgIpc) is 2.32. The van der Waals surface area contributed by atoms with Crippen molar-refractivity contribution in [3.8, 4) is 0 Å². The van der Waals surface area contributed by atoms with Gasteiger partial charge in [0.15, 0.2) is 0 Å². The lowest BCUT2D eigenvalue weighted by Gasteiger charge is -2.38. The minimum atomic E-state index is -0.0130. The van der Waals surface area contributed by atoms with Crippen LogP contribution in [-0.4, -0.2) is 34.7 Å². The van der Waals surface area contributed by atoms with Gasteiger partial charge in [-0.25, -0.2) is 0 Å². The van der Waals surface area contributed by atoms with Gasteiger partial charge in [-0.1, -0.05) is 13.8 Å². The fourth-order valence-electron chi connectivity index (χ4n) is 2.97. The molecule has 2 aliphatic heterocycles. The number of rotatable bonds is 2. The summed E-state index contributed by atoms with van der Waals surface area (Å²) in [6.45, 7) is 5.79. The molecule has 2 aliphatic rings. The lowest BCUT2D eigenvalue weighted by Crippen LogP contribution is -2.46. The highest BCUT2D eigenvalue weighted by Crippen LogP contribution is 2.35. The molecule has 76 valence electrons. The molecule has 2 saturated heterocycles. The zero-order valence-electron chi connectivity index (χ0n) is 8.74. The van der Waals surface area contributed by atoms with Crippen LogP contribution in [0, 0.1) is 5.92 Å². The first kappa shape index (κ1) is 9.47. The van der Waals surface area contributed by atoms with Crippen LogP contribution in [-0.2, 0) is 0 Å². The maximum Gasteiger partial charge on any atom is 0.0570 e. The molecule has 2 heterocycles. The van der Waals surface area contributed by atoms with Gasteiger partial charge in [-0.2, -0.15) is 0 Å². The van der Waals surface area contributed by atoms with E-state index in [0.29, 0.717) is 12.1 Å². The van der Waals surface area contributed by atoms with Gasteiger partial charge >= 0.3 is 0 Å². The smallest absolute Gasteiger partial charge is 0.0570 e. The Morgan fingerprint density at radius 3 is 2.23 bits per heavy atom. The Labute approximate surface area is 80.9 Å². The van der Waals surface area contributed by atoms with Crippen LogP contribution in [0.2, 0.25) is 0 Å². The largest absolute Gasteiger partial charge is 0.393 e. The fourth-order valence-corrected chi connectivity index (χ4v) is 2.97. The summed E-state index contributed by atoms with van der Waals surface area (Å²) in [7, 11) is 0. The third-order valence-electron chi connectivity index (χ3n) is 3.44. The molecule has 0 radical (unpaired) electrons. The lowest BCUT2D eigenvalue weighted by atomic mass is 9.98. The van der Waals surface area contributed by atoms with E-state index in [-0.39, 0.29) is 6.10 Å². The second kappa shape index (κ2) is 3.58. The zero-order chi connectivity index (χ0) is 9.42. The Morgan fingerprint density at radius 1 is 1.23 bits per heavy atom. The first-order valence-electron chi connectivity index (χ1n) is 5.60. The molecular weight excluding hydrogens is 162 g/mol. The van der Waals surface area contributed by atoms with Gasteiger partial charge in [0.05, 0.1) is 6.10 Å². The number of nitrogens with zero attached hydrogens (tertiary/aromatic N) is 1. The van der Waals surface area contributed by atoms with Gasteiger partial charge in [0.1, 0.15) is 0 Å². The molecule has 0 aromatic rings. The standard InChI is InChI=1S/C11H21NO/c1-8(2)7-12-9-3-4-10(12)6-11(13)5-9/h8-11,13H,3-7H2,1-2H3/t9-,10+,11?. The maximum atomic E-state index is 9.62. The van der Waals surface area contributed by atoms with Crippen LogP contribution in [0.5, 0.6) is 0 Å². The zero-order valence-corrected chi connectivity index (χ0v) is 8.74. The molecule has 0 amide bonds. The second-order valence-electron chi connectivity index (χ2n) is 5.10. The topological polar surface area (TPSA) is 23.5 Å². The van der Waals surface area contributed by atoms with Gasteiger partial charge < -0.3 is 5.11 Å². The van der Waals surface area contributed by atoms with Crippen molar-refractivity contribution >= 4 is 0 Å². The second-order valence-corrected chi connectivity index (χ2v) is 5.10. The molecule has 1 unspecified atom stereocenters. The number of aliphatic hydroxyl groups is 1. The lowest BCUT2D eigenvalue weighted by molar-refractivity contribution is 0.0295. The minimum Gasteiger partial charge on any atom is -0.393 e. The van der Waals surface area contributed by atoms with Gasteiger partial charge in [0.25, 0.3) is 0 Å². The van der Waals surface area contributed by atoms with Crippen molar-refractivity contribution in [1.82, 2.24) is 4.90 Å². The van der Waals surface area contributed by atoms with Crippen LogP contribution >= 0.6 is 0 Å². The van der Waals surface area contributed by atoms with Crippen LogP contribution in [0.4, 0.5) is 0 Å². The highest BCUT2D eigenvalue weighted by atomic mass is 16.3. The van der Waals surface area contributed by atoms with Crippen molar-refractivity contribution in [2.45, 2.75) is 57.7 Å². The van der Waals surface area contributed by atoms with E-state index in [4.69, 9.17) is 0 Å². The molecular formula is C11H21NO. The molecule has 0 saturated carbocycles. The Kier molecular flexibility index (Phi) is 2.61. The quantitative estimate of drug-likeness (QED) is 0.703. The molecule has 2 nitrogen and oxygen atoms in total. The maximum absolute atomic E-state index is 9.62. The summed E-state index contributed by atoms with van der Waals surface area (Å²) < 4.78 is 0. The van der Waals surface area contributed by atoms with E-state index in [9.17, 15) is 5.11 Å². The first-order chi connectivity index (χ1) is 6.16. The van der Waals surface area contributed by atoms with E-state index in [1.165, 1.54) is 19.4 Å². The Bertz CT molecular complexity index is 167. The van der Waals surface area contributed by atoms with Gasteiger partial charge in [-0.05, 0) is 31.6 Å². The third kappa shape index (κ3) is 1.89. The fraction of sp³-hybridized carbons (Fsp3) is 1.00. The van der Waals surface area contributed by atoms with E-state index in [1.54, 1.807) is 0 Å². The van der Waals surface area contributed by atoms with Crippen molar-refractivity contribution < 1.29 is 5.11 Å². The highest BCUT2D eigenvalue weighted by Gasteiger charge is 2.39. The predicted molar refractivity (Wildman–Crippen MR) is 53.6 cm³/mol. The number of piperidine rings is 1. The van der Waals surface area contributed by atoms with Crippen molar-refractivity contribution in [3.05, 3.63) is 0 Å². The van der Waals surface area contributed by atoms with E-state index >= 15 is 0 Å². The summed E-state index contributed by atoms with van der Waals surface area (Å²) in [6.07, 6.45) is 4.65. The molecule has 1 N–H and O–H groups in total. The summed E-state index contributed by atoms with van der Waals surface area (Å²) in [5.41, 5.74) is 0. The van der Waals surface area contributed by atoms with Gasteiger partial charge in [0.2, 0.25) is 0 Å².